The van der Waals surface area contributed by atoms with Gasteiger partial charge in [0.15, 0.2) is 0 Å². The van der Waals surface area contributed by atoms with Crippen molar-refractivity contribution < 1.29 is 9.53 Å². The Labute approximate surface area is 168 Å². The predicted octanol–water partition coefficient (Wildman–Crippen LogP) is 6.64. The molecule has 2 heterocycles. The van der Waals surface area contributed by atoms with Crippen LogP contribution in [0.25, 0.3) is 16.3 Å². The Kier molecular flexibility index (Phi) is 5.67. The third kappa shape index (κ3) is 4.39. The third-order valence-electron chi connectivity index (χ3n) is 3.93. The summed E-state index contributed by atoms with van der Waals surface area (Å²) in [6.45, 7) is 10.2. The Balaban J connectivity index is 2.05. The van der Waals surface area contributed by atoms with Crippen molar-refractivity contribution in [2.75, 3.05) is 4.90 Å². The summed E-state index contributed by atoms with van der Waals surface area (Å²) >= 11 is 3.02. The molecule has 1 amide bonds. The minimum Gasteiger partial charge on any atom is -0.443 e. The quantitative estimate of drug-likeness (QED) is 0.493. The highest BCUT2D eigenvalue weighted by Gasteiger charge is 2.28. The van der Waals surface area contributed by atoms with Crippen LogP contribution >= 0.6 is 22.9 Å². The molecule has 27 heavy (non-hydrogen) atoms. The predicted molar refractivity (Wildman–Crippen MR) is 116 cm³/mol. The topological polar surface area (TPSA) is 42.4 Å². The number of fused-ring (bicyclic) bond motifs is 1. The number of amides is 1. The minimum atomic E-state index is -0.558. The fraction of sp³-hybridized carbons (Fsp3) is 0.333. The number of nitrogens with zero attached hydrogens (tertiary/aromatic N) is 2. The van der Waals surface area contributed by atoms with Gasteiger partial charge in [-0.05, 0) is 63.4 Å². The molecule has 0 N–H and O–H groups in total. The maximum absolute atomic E-state index is 13.0. The van der Waals surface area contributed by atoms with Crippen LogP contribution < -0.4 is 4.90 Å². The largest absolute Gasteiger partial charge is 0.443 e. The number of allylic oxidation sites excluding steroid dienone is 1. The number of ether oxygens (including phenoxy) is 1. The van der Waals surface area contributed by atoms with E-state index in [-0.39, 0.29) is 6.09 Å². The zero-order chi connectivity index (χ0) is 19.6. The van der Waals surface area contributed by atoms with Crippen LogP contribution in [0, 0.1) is 6.92 Å². The first-order valence-electron chi connectivity index (χ1n) is 8.86. The Morgan fingerprint density at radius 3 is 2.59 bits per heavy atom. The molecule has 0 aliphatic carbocycles. The summed E-state index contributed by atoms with van der Waals surface area (Å²) < 4.78 is 11.4. The molecule has 0 radical (unpaired) electrons. The van der Waals surface area contributed by atoms with Gasteiger partial charge in [-0.1, -0.05) is 36.4 Å². The number of aryl methyl sites for hydroxylation is 1. The van der Waals surface area contributed by atoms with Crippen LogP contribution in [-0.4, -0.2) is 16.1 Å². The summed E-state index contributed by atoms with van der Waals surface area (Å²) in [7, 11) is 0. The van der Waals surface area contributed by atoms with E-state index in [0.717, 1.165) is 26.3 Å². The Morgan fingerprint density at radius 2 is 1.96 bits per heavy atom. The second-order valence-electron chi connectivity index (χ2n) is 7.31. The second-order valence-corrected chi connectivity index (χ2v) is 9.11. The number of carbonyl (C=O) groups is 1. The smallest absolute Gasteiger partial charge is 0.415 e. The molecular formula is C21H24N2O2S2. The highest BCUT2D eigenvalue weighted by Crippen LogP contribution is 2.41. The van der Waals surface area contributed by atoms with E-state index in [1.165, 1.54) is 16.4 Å². The zero-order valence-electron chi connectivity index (χ0n) is 16.3. The lowest BCUT2D eigenvalue weighted by molar-refractivity contribution is 0.0579. The Hall–Kier alpha value is -2.18. The van der Waals surface area contributed by atoms with Crippen LogP contribution in [0.2, 0.25) is 0 Å². The van der Waals surface area contributed by atoms with E-state index >= 15 is 0 Å². The molecule has 0 unspecified atom stereocenters. The van der Waals surface area contributed by atoms with Crippen LogP contribution in [0.1, 0.15) is 43.7 Å². The summed E-state index contributed by atoms with van der Waals surface area (Å²) in [6, 6.07) is 9.95. The minimum absolute atomic E-state index is 0.351. The molecule has 0 spiro atoms. The van der Waals surface area contributed by atoms with E-state index in [1.807, 2.05) is 64.1 Å². The number of hydrogen-bond donors (Lipinski definition) is 0. The molecule has 0 saturated carbocycles. The van der Waals surface area contributed by atoms with Crippen LogP contribution in [0.15, 0.2) is 36.4 Å². The van der Waals surface area contributed by atoms with Gasteiger partial charge in [0.2, 0.25) is 0 Å². The average Bonchev–Trinajstić information content (AvgIpc) is 3.13. The van der Waals surface area contributed by atoms with Crippen molar-refractivity contribution in [3.8, 4) is 0 Å². The number of anilines is 1. The van der Waals surface area contributed by atoms with E-state index in [2.05, 4.69) is 17.4 Å². The monoisotopic (exact) mass is 400 g/mol. The molecule has 3 rings (SSSR count). The van der Waals surface area contributed by atoms with Crippen molar-refractivity contribution in [2.24, 2.45) is 0 Å². The number of thiophene rings is 1. The first kappa shape index (κ1) is 19.6. The number of hydrogen-bond acceptors (Lipinski definition) is 5. The number of benzene rings is 1. The fourth-order valence-corrected chi connectivity index (χ4v) is 4.98. The lowest BCUT2D eigenvalue weighted by Gasteiger charge is -2.26. The molecule has 0 fully saturated rings. The van der Waals surface area contributed by atoms with Gasteiger partial charge in [-0.3, -0.25) is 4.90 Å². The van der Waals surface area contributed by atoms with Gasteiger partial charge >= 0.3 is 6.09 Å². The molecule has 0 saturated heterocycles. The molecule has 0 atom stereocenters. The van der Waals surface area contributed by atoms with Crippen molar-refractivity contribution in [3.05, 3.63) is 52.4 Å². The van der Waals surface area contributed by atoms with Crippen molar-refractivity contribution in [1.29, 1.82) is 0 Å². The first-order chi connectivity index (χ1) is 12.8. The van der Waals surface area contributed by atoms with Crippen LogP contribution in [0.4, 0.5) is 9.80 Å². The number of rotatable bonds is 4. The van der Waals surface area contributed by atoms with Crippen LogP contribution in [0.3, 0.4) is 0 Å². The van der Waals surface area contributed by atoms with Crippen molar-refractivity contribution >= 4 is 50.3 Å². The third-order valence-corrected chi connectivity index (χ3v) is 6.18. The zero-order valence-corrected chi connectivity index (χ0v) is 17.9. The molecule has 0 bridgehead atoms. The molecule has 1 aromatic carbocycles. The Bertz CT molecular complexity index is 965. The summed E-state index contributed by atoms with van der Waals surface area (Å²) in [5.41, 5.74) is 2.61. The highest BCUT2D eigenvalue weighted by molar-refractivity contribution is 7.25. The van der Waals surface area contributed by atoms with Crippen LogP contribution in [-0.2, 0) is 11.3 Å². The summed E-state index contributed by atoms with van der Waals surface area (Å²) in [5.74, 6) is 0. The molecule has 3 aromatic rings. The number of aromatic nitrogens is 1. The molecule has 2 aromatic heterocycles. The maximum Gasteiger partial charge on any atom is 0.415 e. The molecule has 4 nitrogen and oxygen atoms in total. The van der Waals surface area contributed by atoms with Gasteiger partial charge in [-0.25, -0.2) is 4.79 Å². The van der Waals surface area contributed by atoms with Gasteiger partial charge in [0.25, 0.3) is 0 Å². The van der Waals surface area contributed by atoms with Gasteiger partial charge in [0.05, 0.1) is 11.2 Å². The molecular weight excluding hydrogens is 376 g/mol. The lowest BCUT2D eigenvalue weighted by Crippen LogP contribution is -2.36. The molecule has 142 valence electrons. The Morgan fingerprint density at radius 1 is 1.26 bits per heavy atom. The fourth-order valence-electron chi connectivity index (χ4n) is 2.69. The van der Waals surface area contributed by atoms with E-state index < -0.39 is 5.60 Å². The lowest BCUT2D eigenvalue weighted by atomic mass is 10.2. The normalized spacial score (nSPS) is 12.0. The maximum atomic E-state index is 13.0. The van der Waals surface area contributed by atoms with E-state index in [4.69, 9.17) is 4.74 Å². The molecule has 6 heteroatoms. The standard InChI is InChI=1S/C21H24N2O2S2/c1-6-10-16-14(2)17-18(26-16)19(27-22-17)23(20(24)25-21(3,4)5)13-15-11-8-7-9-12-15/h6-12H,13H2,1-5H3/b10-6-. The van der Waals surface area contributed by atoms with Crippen molar-refractivity contribution in [3.63, 3.8) is 0 Å². The SMILES string of the molecule is C/C=C\c1sc2c(N(Cc3ccccc3)C(=O)OC(C)(C)C)snc2c1C. The van der Waals surface area contributed by atoms with Gasteiger partial charge < -0.3 is 4.74 Å². The second kappa shape index (κ2) is 7.82. The highest BCUT2D eigenvalue weighted by atomic mass is 32.1. The molecule has 0 aliphatic heterocycles. The van der Waals surface area contributed by atoms with E-state index in [0.29, 0.717) is 6.54 Å². The average molecular weight is 401 g/mol. The van der Waals surface area contributed by atoms with Crippen molar-refractivity contribution in [2.45, 2.75) is 46.8 Å². The van der Waals surface area contributed by atoms with E-state index in [9.17, 15) is 4.79 Å². The van der Waals surface area contributed by atoms with Gasteiger partial charge in [0, 0.05) is 4.88 Å². The summed E-state index contributed by atoms with van der Waals surface area (Å²) in [6.07, 6.45) is 3.76. The van der Waals surface area contributed by atoms with E-state index in [1.54, 1.807) is 16.2 Å². The van der Waals surface area contributed by atoms with Gasteiger partial charge in [-0.2, -0.15) is 4.37 Å². The summed E-state index contributed by atoms with van der Waals surface area (Å²) in [4.78, 5) is 15.9. The van der Waals surface area contributed by atoms with Crippen LogP contribution in [0.5, 0.6) is 0 Å². The number of carbonyl (C=O) groups excluding carboxylic acids is 1. The van der Waals surface area contributed by atoms with Gasteiger partial charge in [0.1, 0.15) is 16.1 Å². The molecule has 0 aliphatic rings. The van der Waals surface area contributed by atoms with Gasteiger partial charge in [-0.15, -0.1) is 11.3 Å². The summed E-state index contributed by atoms with van der Waals surface area (Å²) in [5, 5.41) is 0.840. The van der Waals surface area contributed by atoms with Crippen molar-refractivity contribution in [1.82, 2.24) is 4.37 Å². The first-order valence-corrected chi connectivity index (χ1v) is 10.4.